The Balaban J connectivity index is 1.92. The van der Waals surface area contributed by atoms with Crippen LogP contribution >= 0.6 is 23.2 Å². The summed E-state index contributed by atoms with van der Waals surface area (Å²) < 4.78 is 4.72. The maximum absolute atomic E-state index is 12.2. The largest absolute Gasteiger partial charge is 0.469 e. The fourth-order valence-electron chi connectivity index (χ4n) is 2.75. The lowest BCUT2D eigenvalue weighted by Crippen LogP contribution is -2.46. The SMILES string of the molecule is COC(=O)C1CCC(O)(CNC(=O)c2cc(Cl)ccc2Cl)CC1. The third-order valence-electron chi connectivity index (χ3n) is 4.20. The minimum Gasteiger partial charge on any atom is -0.469 e. The van der Waals surface area contributed by atoms with Crippen LogP contribution in [0.25, 0.3) is 0 Å². The molecule has 0 spiro atoms. The summed E-state index contributed by atoms with van der Waals surface area (Å²) in [7, 11) is 1.36. The van der Waals surface area contributed by atoms with E-state index in [4.69, 9.17) is 27.9 Å². The Morgan fingerprint density at radius 3 is 2.61 bits per heavy atom. The highest BCUT2D eigenvalue weighted by molar-refractivity contribution is 6.35. The standard InChI is InChI=1S/C16H19Cl2NO4/c1-23-15(21)10-4-6-16(22,7-5-10)9-19-14(20)12-8-11(17)2-3-13(12)18/h2-3,8,10,22H,4-7,9H2,1H3,(H,19,20). The monoisotopic (exact) mass is 359 g/mol. The predicted molar refractivity (Wildman–Crippen MR) is 87.7 cm³/mol. The normalized spacial score (nSPS) is 24.1. The van der Waals surface area contributed by atoms with Gasteiger partial charge in [-0.15, -0.1) is 0 Å². The molecular weight excluding hydrogens is 341 g/mol. The molecule has 1 fully saturated rings. The highest BCUT2D eigenvalue weighted by Crippen LogP contribution is 2.32. The van der Waals surface area contributed by atoms with Gasteiger partial charge < -0.3 is 15.2 Å². The maximum Gasteiger partial charge on any atom is 0.308 e. The lowest BCUT2D eigenvalue weighted by molar-refractivity contribution is -0.148. The number of hydrogen-bond acceptors (Lipinski definition) is 4. The molecule has 1 saturated carbocycles. The van der Waals surface area contributed by atoms with Gasteiger partial charge in [0.05, 0.1) is 29.2 Å². The van der Waals surface area contributed by atoms with Gasteiger partial charge in [-0.25, -0.2) is 0 Å². The van der Waals surface area contributed by atoms with Crippen molar-refractivity contribution in [3.05, 3.63) is 33.8 Å². The number of ether oxygens (including phenoxy) is 1. The van der Waals surface area contributed by atoms with Crippen LogP contribution in [0.1, 0.15) is 36.0 Å². The van der Waals surface area contributed by atoms with Crippen molar-refractivity contribution in [2.75, 3.05) is 13.7 Å². The van der Waals surface area contributed by atoms with Crippen LogP contribution in [0.2, 0.25) is 10.0 Å². The Labute approximate surface area is 144 Å². The number of methoxy groups -OCH3 is 1. The van der Waals surface area contributed by atoms with E-state index >= 15 is 0 Å². The summed E-state index contributed by atoms with van der Waals surface area (Å²) in [5.74, 6) is -0.818. The van der Waals surface area contributed by atoms with E-state index < -0.39 is 5.60 Å². The summed E-state index contributed by atoms with van der Waals surface area (Å²) in [4.78, 5) is 23.7. The summed E-state index contributed by atoms with van der Waals surface area (Å²) in [6.45, 7) is 0.0998. The zero-order chi connectivity index (χ0) is 17.0. The van der Waals surface area contributed by atoms with Crippen LogP contribution in [0.5, 0.6) is 0 Å². The summed E-state index contributed by atoms with van der Waals surface area (Å²) in [5, 5.41) is 13.9. The Morgan fingerprint density at radius 1 is 1.35 bits per heavy atom. The van der Waals surface area contributed by atoms with Crippen LogP contribution in [-0.4, -0.2) is 36.2 Å². The van der Waals surface area contributed by atoms with Crippen molar-refractivity contribution < 1.29 is 19.4 Å². The minimum absolute atomic E-state index is 0.0998. The number of hydrogen-bond donors (Lipinski definition) is 2. The first kappa shape index (κ1) is 18.0. The molecule has 1 aliphatic rings. The molecule has 23 heavy (non-hydrogen) atoms. The lowest BCUT2D eigenvalue weighted by Gasteiger charge is -2.35. The molecule has 126 valence electrons. The van der Waals surface area contributed by atoms with Crippen LogP contribution in [0.4, 0.5) is 0 Å². The molecule has 0 bridgehead atoms. The van der Waals surface area contributed by atoms with Gasteiger partial charge in [-0.3, -0.25) is 9.59 Å². The summed E-state index contributed by atoms with van der Waals surface area (Å²) in [6, 6.07) is 4.63. The molecule has 0 atom stereocenters. The average Bonchev–Trinajstić information content (AvgIpc) is 2.55. The minimum atomic E-state index is -1.02. The summed E-state index contributed by atoms with van der Waals surface area (Å²) in [5.41, 5.74) is -0.753. The Bertz CT molecular complexity index is 598. The van der Waals surface area contributed by atoms with Crippen molar-refractivity contribution in [1.29, 1.82) is 0 Å². The van der Waals surface area contributed by atoms with Crippen molar-refractivity contribution in [2.24, 2.45) is 5.92 Å². The summed E-state index contributed by atoms with van der Waals surface area (Å²) >= 11 is 11.8. The van der Waals surface area contributed by atoms with Gasteiger partial charge >= 0.3 is 5.97 Å². The lowest BCUT2D eigenvalue weighted by atomic mass is 9.78. The van der Waals surface area contributed by atoms with Crippen LogP contribution in [0.3, 0.4) is 0 Å². The Kier molecular flexibility index (Phi) is 5.89. The van der Waals surface area contributed by atoms with Crippen LogP contribution in [-0.2, 0) is 9.53 Å². The van der Waals surface area contributed by atoms with Gasteiger partial charge in [0, 0.05) is 11.6 Å². The third kappa shape index (κ3) is 4.59. The van der Waals surface area contributed by atoms with Crippen molar-refractivity contribution in [3.63, 3.8) is 0 Å². The first-order chi connectivity index (χ1) is 10.8. The number of aliphatic hydroxyl groups is 1. The fourth-order valence-corrected chi connectivity index (χ4v) is 3.12. The number of benzene rings is 1. The molecular formula is C16H19Cl2NO4. The smallest absolute Gasteiger partial charge is 0.308 e. The van der Waals surface area contributed by atoms with Gasteiger partial charge in [-0.1, -0.05) is 23.2 Å². The number of esters is 1. The zero-order valence-electron chi connectivity index (χ0n) is 12.8. The molecule has 0 heterocycles. The van der Waals surface area contributed by atoms with E-state index in [-0.39, 0.29) is 29.9 Å². The zero-order valence-corrected chi connectivity index (χ0v) is 14.3. The molecule has 1 aromatic rings. The molecule has 0 aliphatic heterocycles. The molecule has 5 nitrogen and oxygen atoms in total. The quantitative estimate of drug-likeness (QED) is 0.810. The second-order valence-corrected chi connectivity index (χ2v) is 6.67. The van der Waals surface area contributed by atoms with E-state index in [0.717, 1.165) is 0 Å². The van der Waals surface area contributed by atoms with E-state index in [1.165, 1.54) is 13.2 Å². The van der Waals surface area contributed by atoms with E-state index in [0.29, 0.717) is 35.7 Å². The predicted octanol–water partition coefficient (Wildman–Crippen LogP) is 2.82. The van der Waals surface area contributed by atoms with Crippen molar-refractivity contribution >= 4 is 35.1 Å². The van der Waals surface area contributed by atoms with Crippen molar-refractivity contribution in [1.82, 2.24) is 5.32 Å². The molecule has 2 N–H and O–H groups in total. The highest BCUT2D eigenvalue weighted by atomic mass is 35.5. The first-order valence-electron chi connectivity index (χ1n) is 7.38. The first-order valence-corrected chi connectivity index (χ1v) is 8.14. The molecule has 0 radical (unpaired) electrons. The van der Waals surface area contributed by atoms with Crippen LogP contribution < -0.4 is 5.32 Å². The van der Waals surface area contributed by atoms with Gasteiger partial charge in [0.1, 0.15) is 0 Å². The van der Waals surface area contributed by atoms with Crippen molar-refractivity contribution in [2.45, 2.75) is 31.3 Å². The third-order valence-corrected chi connectivity index (χ3v) is 4.77. The second kappa shape index (κ2) is 7.51. The van der Waals surface area contributed by atoms with Crippen LogP contribution in [0.15, 0.2) is 18.2 Å². The van der Waals surface area contributed by atoms with Crippen LogP contribution in [0, 0.1) is 5.92 Å². The van der Waals surface area contributed by atoms with Gasteiger partial charge in [0.15, 0.2) is 0 Å². The Morgan fingerprint density at radius 2 is 2.00 bits per heavy atom. The number of halogens is 2. The highest BCUT2D eigenvalue weighted by Gasteiger charge is 2.36. The molecule has 0 unspecified atom stereocenters. The van der Waals surface area contributed by atoms with E-state index in [2.05, 4.69) is 5.32 Å². The van der Waals surface area contributed by atoms with E-state index in [9.17, 15) is 14.7 Å². The molecule has 2 rings (SSSR count). The summed E-state index contributed by atoms with van der Waals surface area (Å²) in [6.07, 6.45) is 1.93. The number of amides is 1. The molecule has 0 saturated heterocycles. The maximum atomic E-state index is 12.2. The Hall–Kier alpha value is -1.30. The second-order valence-electron chi connectivity index (χ2n) is 5.83. The topological polar surface area (TPSA) is 75.6 Å². The van der Waals surface area contributed by atoms with Gasteiger partial charge in [0.25, 0.3) is 5.91 Å². The van der Waals surface area contributed by atoms with Gasteiger partial charge in [-0.2, -0.15) is 0 Å². The average molecular weight is 360 g/mol. The molecule has 1 aliphatic carbocycles. The molecule has 7 heteroatoms. The van der Waals surface area contributed by atoms with Gasteiger partial charge in [0.2, 0.25) is 0 Å². The number of carbonyl (C=O) groups is 2. The van der Waals surface area contributed by atoms with E-state index in [1.54, 1.807) is 12.1 Å². The number of rotatable bonds is 4. The van der Waals surface area contributed by atoms with Gasteiger partial charge in [-0.05, 0) is 43.9 Å². The fraction of sp³-hybridized carbons (Fsp3) is 0.500. The number of nitrogens with one attached hydrogen (secondary N) is 1. The van der Waals surface area contributed by atoms with E-state index in [1.807, 2.05) is 0 Å². The number of carbonyl (C=O) groups excluding carboxylic acids is 2. The van der Waals surface area contributed by atoms with Crippen molar-refractivity contribution in [3.8, 4) is 0 Å². The molecule has 1 aromatic carbocycles. The molecule has 0 aromatic heterocycles. The molecule has 1 amide bonds.